The molecule has 2 saturated carbocycles. The fourth-order valence-corrected chi connectivity index (χ4v) is 4.79. The van der Waals surface area contributed by atoms with Gasteiger partial charge in [-0.1, -0.05) is 12.8 Å². The van der Waals surface area contributed by atoms with E-state index >= 15 is 0 Å². The predicted octanol–water partition coefficient (Wildman–Crippen LogP) is 4.45. The molecule has 0 bridgehead atoms. The van der Waals surface area contributed by atoms with Crippen molar-refractivity contribution in [3.63, 3.8) is 0 Å². The molecule has 0 amide bonds. The van der Waals surface area contributed by atoms with E-state index in [1.165, 1.54) is 0 Å². The van der Waals surface area contributed by atoms with E-state index in [2.05, 4.69) is 0 Å². The summed E-state index contributed by atoms with van der Waals surface area (Å²) in [5, 5.41) is 20.1. The molecule has 2 rings (SSSR count). The van der Waals surface area contributed by atoms with Gasteiger partial charge in [-0.2, -0.15) is 26.3 Å². The summed E-state index contributed by atoms with van der Waals surface area (Å²) in [4.78, 5) is 0. The van der Waals surface area contributed by atoms with E-state index in [0.29, 0.717) is 39.5 Å². The van der Waals surface area contributed by atoms with Crippen LogP contribution in [0.15, 0.2) is 0 Å². The molecule has 2 fully saturated rings. The SMILES string of the molecule is CC(O)(C1CCC(C(C)(O)C(F)(F)F)C2CCCCC21)C(F)(F)F. The lowest BCUT2D eigenvalue weighted by molar-refractivity contribution is -0.305. The quantitative estimate of drug-likeness (QED) is 0.713. The number of hydrogen-bond donors (Lipinski definition) is 2. The Morgan fingerprint density at radius 2 is 0.917 bits per heavy atom. The summed E-state index contributed by atoms with van der Waals surface area (Å²) in [6.07, 6.45) is -8.05. The molecular weight excluding hydrogens is 338 g/mol. The number of fused-ring (bicyclic) bond motifs is 1. The van der Waals surface area contributed by atoms with Crippen LogP contribution in [-0.2, 0) is 0 Å². The normalized spacial score (nSPS) is 37.2. The first-order valence-electron chi connectivity index (χ1n) is 8.29. The fraction of sp³-hybridized carbons (Fsp3) is 1.00. The number of rotatable bonds is 2. The second-order valence-electron chi connectivity index (χ2n) is 7.69. The molecule has 2 nitrogen and oxygen atoms in total. The van der Waals surface area contributed by atoms with E-state index in [1.807, 2.05) is 0 Å². The molecule has 0 saturated heterocycles. The number of alkyl halides is 6. The molecule has 24 heavy (non-hydrogen) atoms. The molecule has 2 N–H and O–H groups in total. The van der Waals surface area contributed by atoms with Gasteiger partial charge in [-0.05, 0) is 63.2 Å². The van der Waals surface area contributed by atoms with Crippen molar-refractivity contribution >= 4 is 0 Å². The summed E-state index contributed by atoms with van der Waals surface area (Å²) in [5.41, 5.74) is -5.86. The molecule has 0 spiro atoms. The van der Waals surface area contributed by atoms with E-state index in [0.717, 1.165) is 0 Å². The van der Waals surface area contributed by atoms with E-state index in [1.54, 1.807) is 0 Å². The van der Waals surface area contributed by atoms with Crippen LogP contribution in [0.25, 0.3) is 0 Å². The van der Waals surface area contributed by atoms with Gasteiger partial charge >= 0.3 is 12.4 Å². The maximum Gasteiger partial charge on any atom is 0.417 e. The van der Waals surface area contributed by atoms with Crippen molar-refractivity contribution < 1.29 is 36.6 Å². The average molecular weight is 362 g/mol. The zero-order chi connectivity index (χ0) is 18.6. The van der Waals surface area contributed by atoms with Crippen molar-refractivity contribution in [1.29, 1.82) is 0 Å². The van der Waals surface area contributed by atoms with Gasteiger partial charge in [0.2, 0.25) is 0 Å². The molecular formula is C16H24F6O2. The van der Waals surface area contributed by atoms with Crippen LogP contribution >= 0.6 is 0 Å². The highest BCUT2D eigenvalue weighted by Gasteiger charge is 2.63. The predicted molar refractivity (Wildman–Crippen MR) is 75.0 cm³/mol. The lowest BCUT2D eigenvalue weighted by Gasteiger charge is -2.53. The zero-order valence-corrected chi connectivity index (χ0v) is 13.7. The summed E-state index contributed by atoms with van der Waals surface area (Å²) in [7, 11) is 0. The molecule has 2 aliphatic rings. The van der Waals surface area contributed by atoms with Crippen LogP contribution in [0.5, 0.6) is 0 Å². The van der Waals surface area contributed by atoms with Gasteiger partial charge in [-0.25, -0.2) is 0 Å². The second-order valence-corrected chi connectivity index (χ2v) is 7.69. The Kier molecular flexibility index (Phi) is 4.99. The van der Waals surface area contributed by atoms with Crippen LogP contribution in [-0.4, -0.2) is 33.8 Å². The maximum atomic E-state index is 13.2. The summed E-state index contributed by atoms with van der Waals surface area (Å²) in [5.74, 6) is -3.60. The van der Waals surface area contributed by atoms with Crippen LogP contribution in [0.3, 0.4) is 0 Å². The minimum absolute atomic E-state index is 0.176. The summed E-state index contributed by atoms with van der Waals surface area (Å²) in [6, 6.07) is 0. The summed E-state index contributed by atoms with van der Waals surface area (Å²) >= 11 is 0. The maximum absolute atomic E-state index is 13.2. The molecule has 8 heteroatoms. The summed E-state index contributed by atoms with van der Waals surface area (Å²) in [6.45, 7) is 1.43. The largest absolute Gasteiger partial charge is 0.417 e. The molecule has 2 aliphatic carbocycles. The lowest BCUT2D eigenvalue weighted by Crippen LogP contribution is -2.59. The van der Waals surface area contributed by atoms with Crippen molar-refractivity contribution in [2.24, 2.45) is 23.7 Å². The van der Waals surface area contributed by atoms with Crippen molar-refractivity contribution in [2.45, 2.75) is 75.9 Å². The van der Waals surface area contributed by atoms with E-state index in [-0.39, 0.29) is 12.8 Å². The number of hydrogen-bond acceptors (Lipinski definition) is 2. The Hall–Kier alpha value is -0.500. The lowest BCUT2D eigenvalue weighted by atomic mass is 9.54. The van der Waals surface area contributed by atoms with Gasteiger partial charge in [0.1, 0.15) is 0 Å². The third kappa shape index (κ3) is 3.16. The van der Waals surface area contributed by atoms with Crippen LogP contribution in [0.2, 0.25) is 0 Å². The highest BCUT2D eigenvalue weighted by molar-refractivity contribution is 5.04. The van der Waals surface area contributed by atoms with Gasteiger partial charge in [0.05, 0.1) is 0 Å². The van der Waals surface area contributed by atoms with Gasteiger partial charge in [-0.15, -0.1) is 0 Å². The molecule has 0 aromatic heterocycles. The second kappa shape index (κ2) is 6.04. The molecule has 0 aromatic carbocycles. The Morgan fingerprint density at radius 1 is 0.625 bits per heavy atom. The zero-order valence-electron chi connectivity index (χ0n) is 13.7. The molecule has 6 atom stereocenters. The molecule has 6 unspecified atom stereocenters. The highest BCUT2D eigenvalue weighted by Crippen LogP contribution is 2.57. The smallest absolute Gasteiger partial charge is 0.380 e. The first-order valence-corrected chi connectivity index (χ1v) is 8.29. The third-order valence-corrected chi connectivity index (χ3v) is 6.29. The van der Waals surface area contributed by atoms with Crippen LogP contribution in [0, 0.1) is 23.7 Å². The van der Waals surface area contributed by atoms with Crippen LogP contribution < -0.4 is 0 Å². The third-order valence-electron chi connectivity index (χ3n) is 6.29. The average Bonchev–Trinajstić information content (AvgIpc) is 2.43. The van der Waals surface area contributed by atoms with E-state index in [4.69, 9.17) is 0 Å². The van der Waals surface area contributed by atoms with Crippen LogP contribution in [0.1, 0.15) is 52.4 Å². The number of halogens is 6. The Bertz CT molecular complexity index is 412. The van der Waals surface area contributed by atoms with Crippen molar-refractivity contribution in [2.75, 3.05) is 0 Å². The number of aliphatic hydroxyl groups is 2. The Morgan fingerprint density at radius 3 is 1.17 bits per heavy atom. The van der Waals surface area contributed by atoms with Gasteiger partial charge in [0.15, 0.2) is 11.2 Å². The van der Waals surface area contributed by atoms with E-state index < -0.39 is 47.2 Å². The fourth-order valence-electron chi connectivity index (χ4n) is 4.79. The molecule has 0 heterocycles. The van der Waals surface area contributed by atoms with Crippen molar-refractivity contribution in [1.82, 2.24) is 0 Å². The minimum Gasteiger partial charge on any atom is -0.380 e. The Balaban J connectivity index is 2.34. The monoisotopic (exact) mass is 362 g/mol. The standard InChI is InChI=1S/C16H24F6O2/c1-13(23,15(17,18)19)11-7-8-12(14(2,24)16(20,21)22)10-6-4-3-5-9(10)11/h9-12,23-24H,3-8H2,1-2H3. The molecule has 0 aliphatic heterocycles. The van der Waals surface area contributed by atoms with Gasteiger partial charge in [0.25, 0.3) is 0 Å². The van der Waals surface area contributed by atoms with E-state index in [9.17, 15) is 36.6 Å². The Labute approximate surface area is 137 Å². The molecule has 142 valence electrons. The molecule has 0 aromatic rings. The minimum atomic E-state index is -4.83. The molecule has 0 radical (unpaired) electrons. The summed E-state index contributed by atoms with van der Waals surface area (Å²) < 4.78 is 79.3. The van der Waals surface area contributed by atoms with Crippen molar-refractivity contribution in [3.05, 3.63) is 0 Å². The van der Waals surface area contributed by atoms with Gasteiger partial charge in [0, 0.05) is 0 Å². The highest BCUT2D eigenvalue weighted by atomic mass is 19.4. The van der Waals surface area contributed by atoms with Crippen LogP contribution in [0.4, 0.5) is 26.3 Å². The topological polar surface area (TPSA) is 40.5 Å². The van der Waals surface area contributed by atoms with Gasteiger partial charge in [-0.3, -0.25) is 0 Å². The van der Waals surface area contributed by atoms with Crippen molar-refractivity contribution in [3.8, 4) is 0 Å². The van der Waals surface area contributed by atoms with Gasteiger partial charge < -0.3 is 10.2 Å². The first-order chi connectivity index (χ1) is 10.7. The first kappa shape index (κ1) is 19.8.